The molecule has 11 heteroatoms. The summed E-state index contributed by atoms with van der Waals surface area (Å²) in [7, 11) is 0. The zero-order valence-corrected chi connectivity index (χ0v) is 20.5. The monoisotopic (exact) mass is 494 g/mol. The first kappa shape index (κ1) is 23.0. The van der Waals surface area contributed by atoms with Gasteiger partial charge in [0.05, 0.1) is 24.5 Å². The molecule has 3 heterocycles. The maximum Gasteiger partial charge on any atom is 0.414 e. The molecule has 1 atom stereocenters. The Bertz CT molecular complexity index is 1170. The number of rotatable bonds is 6. The Hall–Kier alpha value is -2.14. The van der Waals surface area contributed by atoms with Crippen molar-refractivity contribution in [2.45, 2.75) is 57.2 Å². The van der Waals surface area contributed by atoms with Crippen molar-refractivity contribution in [2.24, 2.45) is 4.40 Å². The summed E-state index contributed by atoms with van der Waals surface area (Å²) in [6.45, 7) is 7.81. The van der Waals surface area contributed by atoms with Gasteiger partial charge in [0, 0.05) is 10.3 Å². The molecule has 1 unspecified atom stereocenters. The lowest BCUT2D eigenvalue weighted by atomic mass is 10.0. The highest BCUT2D eigenvalue weighted by atomic mass is 35.5. The van der Waals surface area contributed by atoms with Crippen LogP contribution in [0.1, 0.15) is 49.8 Å². The van der Waals surface area contributed by atoms with E-state index in [4.69, 9.17) is 20.8 Å². The highest BCUT2D eigenvalue weighted by molar-refractivity contribution is 7.91. The molecule has 1 amide bonds. The minimum absolute atomic E-state index is 0.00821. The first-order valence-corrected chi connectivity index (χ1v) is 12.3. The van der Waals surface area contributed by atoms with Crippen LogP contribution in [-0.2, 0) is 23.3 Å². The lowest BCUT2D eigenvalue weighted by Gasteiger charge is -2.18. The second-order valence-corrected chi connectivity index (χ2v) is 11.9. The number of hydrogen-bond donors (Lipinski definition) is 1. The van der Waals surface area contributed by atoms with E-state index in [-0.39, 0.29) is 23.1 Å². The molecule has 1 aliphatic rings. The Balaban J connectivity index is 1.60. The molecular weight excluding hydrogens is 472 g/mol. The molecule has 8 nitrogen and oxygen atoms in total. The number of aromatic nitrogens is 2. The number of carbonyl (C=O) groups excluding carboxylic acids is 1. The quantitative estimate of drug-likeness (QED) is 0.290. The van der Waals surface area contributed by atoms with Gasteiger partial charge in [-0.25, -0.2) is 9.78 Å². The molecule has 32 heavy (non-hydrogen) atoms. The SMILES string of the molecule is Cc1c(C2(C=N[S+]([O-])C(C)(C)C)CC2)sc2c(OC(=O)NCc3ccco3)nc(Cl)nc12. The van der Waals surface area contributed by atoms with Gasteiger partial charge >= 0.3 is 6.09 Å². The molecule has 0 radical (unpaired) electrons. The van der Waals surface area contributed by atoms with Crippen molar-refractivity contribution in [3.05, 3.63) is 39.9 Å². The molecule has 170 valence electrons. The third kappa shape index (κ3) is 4.78. The Labute approximate surface area is 197 Å². The number of thiophene rings is 1. The molecule has 0 aromatic carbocycles. The van der Waals surface area contributed by atoms with Gasteiger partial charge < -0.3 is 19.0 Å². The summed E-state index contributed by atoms with van der Waals surface area (Å²) < 4.78 is 27.6. The van der Waals surface area contributed by atoms with Crippen molar-refractivity contribution in [3.8, 4) is 5.88 Å². The van der Waals surface area contributed by atoms with Gasteiger partial charge in [-0.2, -0.15) is 4.98 Å². The van der Waals surface area contributed by atoms with Crippen LogP contribution in [0.5, 0.6) is 5.88 Å². The molecule has 0 bridgehead atoms. The number of nitrogens with one attached hydrogen (secondary N) is 1. The number of aryl methyl sites for hydroxylation is 1. The van der Waals surface area contributed by atoms with Crippen LogP contribution >= 0.6 is 22.9 Å². The van der Waals surface area contributed by atoms with Gasteiger partial charge in [-0.05, 0) is 69.8 Å². The summed E-state index contributed by atoms with van der Waals surface area (Å²) in [5.74, 6) is 0.701. The molecular formula is C21H23ClN4O4S2. The minimum Gasteiger partial charge on any atom is -0.591 e. The average molecular weight is 495 g/mol. The van der Waals surface area contributed by atoms with Gasteiger partial charge in [0.2, 0.25) is 11.2 Å². The Kier molecular flexibility index (Phi) is 6.23. The molecule has 1 fully saturated rings. The van der Waals surface area contributed by atoms with Crippen LogP contribution < -0.4 is 10.1 Å². The zero-order chi connectivity index (χ0) is 23.1. The summed E-state index contributed by atoms with van der Waals surface area (Å²) in [5.41, 5.74) is 1.28. The van der Waals surface area contributed by atoms with E-state index < -0.39 is 22.2 Å². The van der Waals surface area contributed by atoms with Crippen LogP contribution in [0, 0.1) is 6.92 Å². The van der Waals surface area contributed by atoms with Crippen molar-refractivity contribution in [1.29, 1.82) is 0 Å². The number of carbonyl (C=O) groups is 1. The van der Waals surface area contributed by atoms with Gasteiger partial charge in [0.1, 0.15) is 26.6 Å². The molecule has 1 aliphatic carbocycles. The summed E-state index contributed by atoms with van der Waals surface area (Å²) in [6, 6.07) is 3.48. The lowest BCUT2D eigenvalue weighted by Crippen LogP contribution is -2.26. The van der Waals surface area contributed by atoms with Crippen LogP contribution in [0.15, 0.2) is 27.2 Å². The van der Waals surface area contributed by atoms with E-state index in [1.54, 1.807) is 18.3 Å². The zero-order valence-electron chi connectivity index (χ0n) is 18.1. The maximum atomic E-state index is 12.4. The topological polar surface area (TPSA) is 113 Å². The lowest BCUT2D eigenvalue weighted by molar-refractivity contribution is 0.198. The predicted octanol–water partition coefficient (Wildman–Crippen LogP) is 5.10. The highest BCUT2D eigenvalue weighted by Crippen LogP contribution is 2.53. The second kappa shape index (κ2) is 8.66. The van der Waals surface area contributed by atoms with Crippen molar-refractivity contribution in [2.75, 3.05) is 0 Å². The Morgan fingerprint density at radius 2 is 2.22 bits per heavy atom. The van der Waals surface area contributed by atoms with Crippen LogP contribution in [-0.4, -0.2) is 31.6 Å². The first-order valence-electron chi connectivity index (χ1n) is 10.0. The van der Waals surface area contributed by atoms with Crippen LogP contribution in [0.2, 0.25) is 5.28 Å². The average Bonchev–Trinajstić information content (AvgIpc) is 3.16. The number of fused-ring (bicyclic) bond motifs is 1. The fraction of sp³-hybridized carbons (Fsp3) is 0.429. The summed E-state index contributed by atoms with van der Waals surface area (Å²) in [5, 5.41) is 2.61. The third-order valence-electron chi connectivity index (χ3n) is 5.04. The van der Waals surface area contributed by atoms with E-state index in [1.807, 2.05) is 27.7 Å². The Morgan fingerprint density at radius 3 is 2.84 bits per heavy atom. The molecule has 1 N–H and O–H groups in total. The number of ether oxygens (including phenoxy) is 1. The molecule has 0 saturated heterocycles. The van der Waals surface area contributed by atoms with Crippen LogP contribution in [0.3, 0.4) is 0 Å². The van der Waals surface area contributed by atoms with Crippen molar-refractivity contribution in [1.82, 2.24) is 15.3 Å². The number of nitrogens with zero attached hydrogens (tertiary/aromatic N) is 3. The number of hydrogen-bond acceptors (Lipinski definition) is 8. The van der Waals surface area contributed by atoms with E-state index in [0.29, 0.717) is 16.0 Å². The molecule has 1 saturated carbocycles. The van der Waals surface area contributed by atoms with Crippen molar-refractivity contribution >= 4 is 56.8 Å². The summed E-state index contributed by atoms with van der Waals surface area (Å²) in [4.78, 5) is 21.8. The van der Waals surface area contributed by atoms with Gasteiger partial charge in [-0.15, -0.1) is 11.3 Å². The minimum atomic E-state index is -1.33. The number of halogens is 1. The van der Waals surface area contributed by atoms with Gasteiger partial charge in [0.15, 0.2) is 0 Å². The maximum absolute atomic E-state index is 12.4. The van der Waals surface area contributed by atoms with Gasteiger partial charge in [0.25, 0.3) is 0 Å². The summed E-state index contributed by atoms with van der Waals surface area (Å²) >= 11 is 6.23. The molecule has 4 rings (SSSR count). The van der Waals surface area contributed by atoms with E-state index in [0.717, 1.165) is 23.3 Å². The molecule has 3 aromatic heterocycles. The standard InChI is InChI=1S/C21H23ClN4O4S2/c1-12-14-15(31-16(12)21(7-8-21)11-24-32(28)20(2,3)4)17(26-18(22)25-14)30-19(27)23-10-13-6-5-9-29-13/h5-6,9,11H,7-8,10H2,1-4H3,(H,23,27). The fourth-order valence-electron chi connectivity index (χ4n) is 3.13. The number of furan rings is 1. The van der Waals surface area contributed by atoms with Gasteiger partial charge in [-0.3, -0.25) is 0 Å². The molecule has 0 aliphatic heterocycles. The van der Waals surface area contributed by atoms with E-state index in [1.165, 1.54) is 17.6 Å². The molecule has 3 aromatic rings. The Morgan fingerprint density at radius 1 is 1.47 bits per heavy atom. The fourth-order valence-corrected chi connectivity index (χ4v) is 5.29. The largest absolute Gasteiger partial charge is 0.591 e. The second-order valence-electron chi connectivity index (χ2n) is 8.61. The van der Waals surface area contributed by atoms with Gasteiger partial charge in [-0.1, -0.05) is 4.40 Å². The van der Waals surface area contributed by atoms with E-state index >= 15 is 0 Å². The van der Waals surface area contributed by atoms with Crippen molar-refractivity contribution < 1.29 is 18.5 Å². The predicted molar refractivity (Wildman–Crippen MR) is 126 cm³/mol. The summed E-state index contributed by atoms with van der Waals surface area (Å²) in [6.07, 6.45) is 4.45. The van der Waals surface area contributed by atoms with E-state index in [9.17, 15) is 9.35 Å². The number of amides is 1. The smallest absolute Gasteiger partial charge is 0.414 e. The van der Waals surface area contributed by atoms with Crippen molar-refractivity contribution in [3.63, 3.8) is 0 Å². The highest BCUT2D eigenvalue weighted by Gasteiger charge is 2.47. The first-order chi connectivity index (χ1) is 15.1. The normalized spacial score (nSPS) is 16.4. The van der Waals surface area contributed by atoms with E-state index in [2.05, 4.69) is 19.7 Å². The molecule has 0 spiro atoms. The van der Waals surface area contributed by atoms with Crippen LogP contribution in [0.4, 0.5) is 4.79 Å². The van der Waals surface area contributed by atoms with Crippen LogP contribution in [0.25, 0.3) is 10.2 Å². The third-order valence-corrected chi connectivity index (χ3v) is 8.05.